The first kappa shape index (κ1) is 28.6. The number of hydrogen-bond acceptors (Lipinski definition) is 1. The molecule has 8 aromatic carbocycles. The largest absolute Gasteiger partial charge is 0.310 e. The molecule has 1 nitrogen and oxygen atoms in total. The monoisotopic (exact) mass is 649 g/mol. The summed E-state index contributed by atoms with van der Waals surface area (Å²) in [7, 11) is 0. The van der Waals surface area contributed by atoms with Gasteiger partial charge < -0.3 is 4.90 Å². The lowest BCUT2D eigenvalue weighted by Gasteiger charge is -2.34. The van der Waals surface area contributed by atoms with Crippen LogP contribution in [0.2, 0.25) is 0 Å². The van der Waals surface area contributed by atoms with Gasteiger partial charge in [0.25, 0.3) is 0 Å². The van der Waals surface area contributed by atoms with Crippen LogP contribution in [0.5, 0.6) is 0 Å². The second kappa shape index (κ2) is 10.2. The Labute approximate surface area is 299 Å². The van der Waals surface area contributed by atoms with Crippen molar-refractivity contribution in [3.8, 4) is 33.4 Å². The first-order valence-electron chi connectivity index (χ1n) is 18.0. The normalized spacial score (nSPS) is 14.8. The smallest absolute Gasteiger partial charge is 0.0726 e. The number of hydrogen-bond donors (Lipinski definition) is 0. The average molecular weight is 650 g/mol. The van der Waals surface area contributed by atoms with Crippen molar-refractivity contribution >= 4 is 27.8 Å². The molecule has 0 saturated heterocycles. The zero-order valence-corrected chi connectivity index (χ0v) is 28.7. The van der Waals surface area contributed by atoms with Crippen molar-refractivity contribution in [1.82, 2.24) is 0 Å². The van der Waals surface area contributed by atoms with Gasteiger partial charge in [0.05, 0.1) is 11.1 Å². The van der Waals surface area contributed by atoms with Gasteiger partial charge in [0, 0.05) is 16.8 Å². The van der Waals surface area contributed by atoms with E-state index in [1.54, 1.807) is 0 Å². The fourth-order valence-electron chi connectivity index (χ4n) is 9.97. The zero-order valence-electron chi connectivity index (χ0n) is 28.7. The summed E-state index contributed by atoms with van der Waals surface area (Å²) in [5.74, 6) is 0. The van der Waals surface area contributed by atoms with E-state index in [1.807, 2.05) is 0 Å². The van der Waals surface area contributed by atoms with Crippen LogP contribution in [-0.4, -0.2) is 0 Å². The zero-order chi connectivity index (χ0) is 33.9. The van der Waals surface area contributed by atoms with Crippen molar-refractivity contribution in [2.24, 2.45) is 0 Å². The molecular weight excluding hydrogens is 615 g/mol. The Morgan fingerprint density at radius 3 is 1.47 bits per heavy atom. The summed E-state index contributed by atoms with van der Waals surface area (Å²) < 4.78 is 0. The summed E-state index contributed by atoms with van der Waals surface area (Å²) in [4.78, 5) is 2.53. The van der Waals surface area contributed by atoms with E-state index in [-0.39, 0.29) is 5.41 Å². The maximum atomic E-state index is 2.53. The van der Waals surface area contributed by atoms with Crippen molar-refractivity contribution in [3.63, 3.8) is 0 Å². The Morgan fingerprint density at radius 2 is 0.824 bits per heavy atom. The van der Waals surface area contributed by atoms with Crippen LogP contribution < -0.4 is 4.90 Å². The van der Waals surface area contributed by atoms with Crippen LogP contribution in [-0.2, 0) is 10.8 Å². The minimum Gasteiger partial charge on any atom is -0.310 e. The van der Waals surface area contributed by atoms with Crippen molar-refractivity contribution in [3.05, 3.63) is 209 Å². The molecule has 1 spiro atoms. The Kier molecular flexibility index (Phi) is 5.72. The van der Waals surface area contributed by atoms with Crippen molar-refractivity contribution < 1.29 is 0 Å². The van der Waals surface area contributed by atoms with Gasteiger partial charge in [0.15, 0.2) is 0 Å². The van der Waals surface area contributed by atoms with Gasteiger partial charge in [-0.25, -0.2) is 0 Å². The molecule has 240 valence electrons. The lowest BCUT2D eigenvalue weighted by atomic mass is 9.70. The summed E-state index contributed by atoms with van der Waals surface area (Å²) >= 11 is 0. The highest BCUT2D eigenvalue weighted by Crippen LogP contribution is 2.63. The van der Waals surface area contributed by atoms with Gasteiger partial charge in [-0.2, -0.15) is 0 Å². The maximum Gasteiger partial charge on any atom is 0.0726 e. The molecule has 0 amide bonds. The number of fused-ring (bicyclic) bond motifs is 14. The molecule has 1 heteroatoms. The van der Waals surface area contributed by atoms with Crippen molar-refractivity contribution in [1.29, 1.82) is 0 Å². The van der Waals surface area contributed by atoms with Gasteiger partial charge in [-0.05, 0) is 108 Å². The minimum atomic E-state index is -0.404. The van der Waals surface area contributed by atoms with Crippen LogP contribution in [0.3, 0.4) is 0 Å². The third kappa shape index (κ3) is 3.65. The molecule has 0 heterocycles. The SMILES string of the molecule is CC1(C)c2ccccc2-c2cccc(N(c3ccc4c(c3)C3(c5ccccc5-c5ccccc53)c3ccccc3-4)c3ccc4ccccc4c3)c21. The molecule has 3 aliphatic rings. The predicted octanol–water partition coefficient (Wildman–Crippen LogP) is 13.0. The Bertz CT molecular complexity index is 2680. The third-order valence-electron chi connectivity index (χ3n) is 12.0. The van der Waals surface area contributed by atoms with Crippen LogP contribution >= 0.6 is 0 Å². The van der Waals surface area contributed by atoms with E-state index < -0.39 is 5.41 Å². The second-order valence-electron chi connectivity index (χ2n) is 14.9. The van der Waals surface area contributed by atoms with E-state index >= 15 is 0 Å². The lowest BCUT2D eigenvalue weighted by Crippen LogP contribution is -2.26. The molecule has 0 aromatic heterocycles. The molecule has 51 heavy (non-hydrogen) atoms. The van der Waals surface area contributed by atoms with Gasteiger partial charge in [0.1, 0.15) is 0 Å². The van der Waals surface area contributed by atoms with Crippen LogP contribution in [0.1, 0.15) is 47.2 Å². The molecule has 0 bridgehead atoms. The van der Waals surface area contributed by atoms with E-state index in [0.717, 1.165) is 5.69 Å². The van der Waals surface area contributed by atoms with Gasteiger partial charge in [-0.1, -0.05) is 159 Å². The Hall–Kier alpha value is -6.18. The maximum absolute atomic E-state index is 2.53. The van der Waals surface area contributed by atoms with Gasteiger partial charge in [0.2, 0.25) is 0 Å². The van der Waals surface area contributed by atoms with E-state index in [0.29, 0.717) is 0 Å². The molecule has 0 atom stereocenters. The molecule has 0 radical (unpaired) electrons. The topological polar surface area (TPSA) is 3.24 Å². The Balaban J connectivity index is 1.22. The molecule has 0 saturated carbocycles. The average Bonchev–Trinajstić information content (AvgIpc) is 3.74. The summed E-state index contributed by atoms with van der Waals surface area (Å²) in [5.41, 5.74) is 19.1. The Morgan fingerprint density at radius 1 is 0.353 bits per heavy atom. The van der Waals surface area contributed by atoms with E-state index in [9.17, 15) is 0 Å². The summed E-state index contributed by atoms with van der Waals surface area (Å²) in [6.45, 7) is 4.78. The van der Waals surface area contributed by atoms with E-state index in [4.69, 9.17) is 0 Å². The summed E-state index contributed by atoms with van der Waals surface area (Å²) in [5, 5.41) is 2.48. The molecule has 11 rings (SSSR count). The first-order valence-corrected chi connectivity index (χ1v) is 18.0. The summed E-state index contributed by atoms with van der Waals surface area (Å²) in [6.07, 6.45) is 0. The van der Waals surface area contributed by atoms with Crippen LogP contribution in [0.15, 0.2) is 176 Å². The van der Waals surface area contributed by atoms with Gasteiger partial charge in [-0.15, -0.1) is 0 Å². The lowest BCUT2D eigenvalue weighted by molar-refractivity contribution is 0.661. The van der Waals surface area contributed by atoms with E-state index in [2.05, 4.69) is 195 Å². The molecule has 8 aromatic rings. The fraction of sp³-hybridized carbons (Fsp3) is 0.0800. The van der Waals surface area contributed by atoms with Crippen molar-refractivity contribution in [2.45, 2.75) is 24.7 Å². The van der Waals surface area contributed by atoms with E-state index in [1.165, 1.54) is 88.9 Å². The molecule has 3 aliphatic carbocycles. The second-order valence-corrected chi connectivity index (χ2v) is 14.9. The highest BCUT2D eigenvalue weighted by Gasteiger charge is 2.51. The van der Waals surface area contributed by atoms with Crippen LogP contribution in [0, 0.1) is 0 Å². The molecule has 0 fully saturated rings. The van der Waals surface area contributed by atoms with Gasteiger partial charge in [-0.3, -0.25) is 0 Å². The molecule has 0 aliphatic heterocycles. The van der Waals surface area contributed by atoms with Crippen LogP contribution in [0.25, 0.3) is 44.2 Å². The standard InChI is InChI=1S/C50H35N/c1-49(2)42-21-9-5-19-39(42)41-20-13-25-47(48(41)49)51(34-27-26-32-14-3-4-15-33(32)30-34)35-28-29-40-38-18-8-12-24-45(38)50(46(40)31-35)43-22-10-6-16-36(43)37-17-7-11-23-44(37)50/h3-31H,1-2H3. The number of benzene rings is 8. The molecular formula is C50H35N. The van der Waals surface area contributed by atoms with Crippen LogP contribution in [0.4, 0.5) is 17.1 Å². The highest BCUT2D eigenvalue weighted by atomic mass is 15.1. The summed E-state index contributed by atoms with van der Waals surface area (Å²) in [6, 6.07) is 65.9. The third-order valence-corrected chi connectivity index (χ3v) is 12.0. The molecule has 0 unspecified atom stereocenters. The predicted molar refractivity (Wildman–Crippen MR) is 212 cm³/mol. The minimum absolute atomic E-state index is 0.171. The number of nitrogens with zero attached hydrogens (tertiary/aromatic N) is 1. The number of rotatable bonds is 3. The highest BCUT2D eigenvalue weighted by molar-refractivity contribution is 5.98. The van der Waals surface area contributed by atoms with Gasteiger partial charge >= 0.3 is 0 Å². The number of anilines is 3. The van der Waals surface area contributed by atoms with Crippen molar-refractivity contribution in [2.75, 3.05) is 4.90 Å². The molecule has 0 N–H and O–H groups in total. The quantitative estimate of drug-likeness (QED) is 0.184. The fourth-order valence-corrected chi connectivity index (χ4v) is 9.97. The first-order chi connectivity index (χ1) is 25.1.